The minimum atomic E-state index is 0.232. The molecule has 1 saturated heterocycles. The molecule has 0 aromatic carbocycles. The van der Waals surface area contributed by atoms with Gasteiger partial charge in [0, 0.05) is 48.7 Å². The zero-order valence-electron chi connectivity index (χ0n) is 14.1. The Labute approximate surface area is 141 Å². The van der Waals surface area contributed by atoms with E-state index in [4.69, 9.17) is 0 Å². The Morgan fingerprint density at radius 1 is 1.35 bits per heavy atom. The minimum absolute atomic E-state index is 0.232. The van der Waals surface area contributed by atoms with Gasteiger partial charge in [0.2, 0.25) is 5.91 Å². The number of thiazole rings is 1. The molecule has 124 valence electrons. The van der Waals surface area contributed by atoms with E-state index in [-0.39, 0.29) is 5.91 Å². The average Bonchev–Trinajstić information content (AvgIpc) is 3.10. The van der Waals surface area contributed by atoms with Crippen LogP contribution in [0.15, 0.2) is 11.4 Å². The Morgan fingerprint density at radius 2 is 2.17 bits per heavy atom. The van der Waals surface area contributed by atoms with Gasteiger partial charge >= 0.3 is 0 Å². The van der Waals surface area contributed by atoms with Gasteiger partial charge in [0.25, 0.3) is 0 Å². The Balaban J connectivity index is 1.57. The zero-order valence-corrected chi connectivity index (χ0v) is 14.9. The summed E-state index contributed by atoms with van der Waals surface area (Å²) in [5, 5.41) is 7.71. The monoisotopic (exact) mass is 332 g/mol. The second kappa shape index (κ2) is 6.83. The first-order valence-electron chi connectivity index (χ1n) is 8.24. The van der Waals surface area contributed by atoms with Crippen LogP contribution in [0.3, 0.4) is 0 Å². The molecule has 5 nitrogen and oxygen atoms in total. The summed E-state index contributed by atoms with van der Waals surface area (Å²) in [5.74, 6) is 0.635. The van der Waals surface area contributed by atoms with Crippen LogP contribution in [-0.2, 0) is 11.3 Å². The molecule has 6 heteroatoms. The molecule has 0 radical (unpaired) electrons. The lowest BCUT2D eigenvalue weighted by atomic mass is 9.98. The maximum atomic E-state index is 12.5. The standard InChI is InChI=1S/C17H24N4OS/c1-12-9-14(3)21(19-12)8-6-16(22)20-7-4-5-15(10-20)17-18-13(2)11-23-17/h9,11,15H,4-8,10H2,1-3H3/t15-/m1/s1. The summed E-state index contributed by atoms with van der Waals surface area (Å²) in [6.07, 6.45) is 2.72. The molecule has 1 aliphatic heterocycles. The molecule has 1 aliphatic rings. The Bertz CT molecular complexity index is 691. The van der Waals surface area contributed by atoms with Crippen LogP contribution >= 0.6 is 11.3 Å². The van der Waals surface area contributed by atoms with E-state index in [2.05, 4.69) is 15.5 Å². The number of aromatic nitrogens is 3. The van der Waals surface area contributed by atoms with Crippen molar-refractivity contribution < 1.29 is 4.79 Å². The lowest BCUT2D eigenvalue weighted by Gasteiger charge is -2.32. The van der Waals surface area contributed by atoms with Crippen molar-refractivity contribution in [2.24, 2.45) is 0 Å². The SMILES string of the molecule is Cc1csc([C@@H]2CCCN(C(=O)CCn3nc(C)cc3C)C2)n1. The van der Waals surface area contributed by atoms with Crippen molar-refractivity contribution in [2.45, 2.75) is 52.5 Å². The average molecular weight is 332 g/mol. The van der Waals surface area contributed by atoms with E-state index in [1.54, 1.807) is 11.3 Å². The summed E-state index contributed by atoms with van der Waals surface area (Å²) in [4.78, 5) is 19.2. The predicted octanol–water partition coefficient (Wildman–Crippen LogP) is 3.06. The van der Waals surface area contributed by atoms with Crippen LogP contribution in [0, 0.1) is 20.8 Å². The Kier molecular flexibility index (Phi) is 4.80. The van der Waals surface area contributed by atoms with Crippen molar-refractivity contribution in [3.8, 4) is 0 Å². The summed E-state index contributed by atoms with van der Waals surface area (Å²) >= 11 is 1.72. The minimum Gasteiger partial charge on any atom is -0.342 e. The molecule has 3 rings (SSSR count). The number of carbonyl (C=O) groups excluding carboxylic acids is 1. The fourth-order valence-electron chi connectivity index (χ4n) is 3.23. The fraction of sp³-hybridized carbons (Fsp3) is 0.588. The van der Waals surface area contributed by atoms with Gasteiger partial charge in [0.1, 0.15) is 0 Å². The third-order valence-electron chi connectivity index (χ3n) is 4.40. The van der Waals surface area contributed by atoms with Crippen molar-refractivity contribution in [1.82, 2.24) is 19.7 Å². The van der Waals surface area contributed by atoms with Crippen LogP contribution in [0.1, 0.15) is 47.3 Å². The number of rotatable bonds is 4. The van der Waals surface area contributed by atoms with Crippen LogP contribution in [-0.4, -0.2) is 38.7 Å². The van der Waals surface area contributed by atoms with E-state index >= 15 is 0 Å². The van der Waals surface area contributed by atoms with Gasteiger partial charge in [0.15, 0.2) is 0 Å². The number of piperidine rings is 1. The molecule has 0 unspecified atom stereocenters. The predicted molar refractivity (Wildman–Crippen MR) is 91.7 cm³/mol. The maximum Gasteiger partial charge on any atom is 0.224 e. The molecule has 23 heavy (non-hydrogen) atoms. The highest BCUT2D eigenvalue weighted by atomic mass is 32.1. The number of likely N-dealkylation sites (tertiary alicyclic amines) is 1. The topological polar surface area (TPSA) is 51.0 Å². The molecule has 1 amide bonds. The molecule has 0 spiro atoms. The summed E-state index contributed by atoms with van der Waals surface area (Å²) in [6, 6.07) is 2.05. The summed E-state index contributed by atoms with van der Waals surface area (Å²) < 4.78 is 1.93. The number of carbonyl (C=O) groups is 1. The molecule has 0 bridgehead atoms. The van der Waals surface area contributed by atoms with E-state index in [1.807, 2.05) is 36.4 Å². The van der Waals surface area contributed by atoms with Crippen LogP contribution in [0.5, 0.6) is 0 Å². The number of aryl methyl sites for hydroxylation is 4. The van der Waals surface area contributed by atoms with Gasteiger partial charge < -0.3 is 4.90 Å². The first-order chi connectivity index (χ1) is 11.0. The van der Waals surface area contributed by atoms with Crippen LogP contribution in [0.4, 0.5) is 0 Å². The molecular formula is C17H24N4OS. The van der Waals surface area contributed by atoms with Crippen LogP contribution in [0.25, 0.3) is 0 Å². The smallest absolute Gasteiger partial charge is 0.224 e. The molecular weight excluding hydrogens is 308 g/mol. The largest absolute Gasteiger partial charge is 0.342 e. The van der Waals surface area contributed by atoms with Gasteiger partial charge in [-0.15, -0.1) is 11.3 Å². The van der Waals surface area contributed by atoms with Crippen LogP contribution < -0.4 is 0 Å². The molecule has 2 aromatic rings. The third kappa shape index (κ3) is 3.80. The normalized spacial score (nSPS) is 18.4. The summed E-state index contributed by atoms with van der Waals surface area (Å²) in [5.41, 5.74) is 3.20. The quantitative estimate of drug-likeness (QED) is 0.864. The Hall–Kier alpha value is -1.69. The van der Waals surface area contributed by atoms with Crippen molar-refractivity contribution in [1.29, 1.82) is 0 Å². The van der Waals surface area contributed by atoms with Crippen molar-refractivity contribution >= 4 is 17.2 Å². The summed E-state index contributed by atoms with van der Waals surface area (Å²) in [6.45, 7) is 8.39. The lowest BCUT2D eigenvalue weighted by Crippen LogP contribution is -2.39. The van der Waals surface area contributed by atoms with E-state index in [1.165, 1.54) is 5.01 Å². The second-order valence-corrected chi connectivity index (χ2v) is 7.30. The Morgan fingerprint density at radius 3 is 2.83 bits per heavy atom. The number of amides is 1. The third-order valence-corrected chi connectivity index (χ3v) is 5.53. The molecule has 1 fully saturated rings. The maximum absolute atomic E-state index is 12.5. The van der Waals surface area contributed by atoms with Gasteiger partial charge in [-0.05, 0) is 39.7 Å². The molecule has 0 saturated carbocycles. The molecule has 3 heterocycles. The molecule has 2 aromatic heterocycles. The first kappa shape index (κ1) is 16.2. The zero-order chi connectivity index (χ0) is 16.4. The van der Waals surface area contributed by atoms with Gasteiger partial charge in [-0.25, -0.2) is 4.98 Å². The van der Waals surface area contributed by atoms with E-state index in [0.29, 0.717) is 18.9 Å². The highest BCUT2D eigenvalue weighted by Crippen LogP contribution is 2.29. The summed E-state index contributed by atoms with van der Waals surface area (Å²) in [7, 11) is 0. The number of nitrogens with zero attached hydrogens (tertiary/aromatic N) is 4. The van der Waals surface area contributed by atoms with E-state index in [0.717, 1.165) is 43.0 Å². The van der Waals surface area contributed by atoms with Gasteiger partial charge in [-0.1, -0.05) is 0 Å². The lowest BCUT2D eigenvalue weighted by molar-refractivity contribution is -0.132. The highest BCUT2D eigenvalue weighted by Gasteiger charge is 2.26. The molecule has 0 aliphatic carbocycles. The van der Waals surface area contributed by atoms with Gasteiger partial charge in [-0.3, -0.25) is 9.48 Å². The molecule has 1 atom stereocenters. The van der Waals surface area contributed by atoms with Gasteiger partial charge in [-0.2, -0.15) is 5.10 Å². The van der Waals surface area contributed by atoms with E-state index in [9.17, 15) is 4.79 Å². The van der Waals surface area contributed by atoms with Crippen molar-refractivity contribution in [3.63, 3.8) is 0 Å². The van der Waals surface area contributed by atoms with Crippen molar-refractivity contribution in [3.05, 3.63) is 33.5 Å². The van der Waals surface area contributed by atoms with E-state index < -0.39 is 0 Å². The van der Waals surface area contributed by atoms with Crippen LogP contribution in [0.2, 0.25) is 0 Å². The second-order valence-electron chi connectivity index (χ2n) is 6.41. The first-order valence-corrected chi connectivity index (χ1v) is 9.12. The molecule has 0 N–H and O–H groups in total. The fourth-order valence-corrected chi connectivity index (χ4v) is 4.15. The van der Waals surface area contributed by atoms with Crippen molar-refractivity contribution in [2.75, 3.05) is 13.1 Å². The number of hydrogen-bond donors (Lipinski definition) is 0. The number of hydrogen-bond acceptors (Lipinski definition) is 4. The highest BCUT2D eigenvalue weighted by molar-refractivity contribution is 7.09. The van der Waals surface area contributed by atoms with Gasteiger partial charge in [0.05, 0.1) is 10.7 Å².